The van der Waals surface area contributed by atoms with Crippen LogP contribution in [0.15, 0.2) is 24.3 Å². The molecule has 5 heteroatoms. The van der Waals surface area contributed by atoms with Crippen molar-refractivity contribution < 1.29 is 9.57 Å². The van der Waals surface area contributed by atoms with E-state index < -0.39 is 0 Å². The molecule has 4 nitrogen and oxygen atoms in total. The molecule has 1 aliphatic rings. The number of hydrogen-bond acceptors (Lipinski definition) is 4. The number of hydrogen-bond donors (Lipinski definition) is 0. The zero-order chi connectivity index (χ0) is 13.5. The van der Waals surface area contributed by atoms with Gasteiger partial charge in [0.1, 0.15) is 0 Å². The Morgan fingerprint density at radius 2 is 2.05 bits per heavy atom. The Morgan fingerprint density at radius 1 is 1.32 bits per heavy atom. The van der Waals surface area contributed by atoms with Gasteiger partial charge in [0.2, 0.25) is 0 Å². The van der Waals surface area contributed by atoms with Crippen molar-refractivity contribution in [3.63, 3.8) is 0 Å². The summed E-state index contributed by atoms with van der Waals surface area (Å²) in [6.45, 7) is 5.64. The van der Waals surface area contributed by atoms with Crippen LogP contribution in [0.4, 0.5) is 5.69 Å². The van der Waals surface area contributed by atoms with Crippen LogP contribution in [0.1, 0.15) is 6.42 Å². The maximum atomic E-state index is 6.18. The Bertz CT molecular complexity index is 383. The first-order valence-corrected chi connectivity index (χ1v) is 7.05. The van der Waals surface area contributed by atoms with E-state index in [2.05, 4.69) is 4.90 Å². The molecular formula is C14H21ClN2O2. The molecule has 0 N–H and O–H groups in total. The summed E-state index contributed by atoms with van der Waals surface area (Å²) in [5.74, 6) is 0. The summed E-state index contributed by atoms with van der Waals surface area (Å²) in [5.41, 5.74) is 0.925. The number of ether oxygens (including phenoxy) is 1. The second-order valence-corrected chi connectivity index (χ2v) is 4.95. The summed E-state index contributed by atoms with van der Waals surface area (Å²) in [5, 5.41) is 2.57. The molecule has 1 aromatic carbocycles. The SMILES string of the molecule is CON(CCCN1CCOCC1)c1ccccc1Cl. The third-order valence-corrected chi connectivity index (χ3v) is 3.60. The zero-order valence-electron chi connectivity index (χ0n) is 11.3. The first-order valence-electron chi connectivity index (χ1n) is 6.67. The second kappa shape index (κ2) is 7.70. The van der Waals surface area contributed by atoms with E-state index in [1.807, 2.05) is 29.3 Å². The molecule has 19 heavy (non-hydrogen) atoms. The lowest BCUT2D eigenvalue weighted by Crippen LogP contribution is -2.38. The average molecular weight is 285 g/mol. The molecule has 106 valence electrons. The van der Waals surface area contributed by atoms with Gasteiger partial charge in [-0.2, -0.15) is 0 Å². The van der Waals surface area contributed by atoms with Gasteiger partial charge >= 0.3 is 0 Å². The van der Waals surface area contributed by atoms with Crippen molar-refractivity contribution >= 4 is 17.3 Å². The number of benzene rings is 1. The van der Waals surface area contributed by atoms with Crippen LogP contribution in [0, 0.1) is 0 Å². The third-order valence-electron chi connectivity index (χ3n) is 3.28. The maximum absolute atomic E-state index is 6.18. The first kappa shape index (κ1) is 14.6. The molecule has 0 amide bonds. The van der Waals surface area contributed by atoms with E-state index in [-0.39, 0.29) is 0 Å². The van der Waals surface area contributed by atoms with Crippen molar-refractivity contribution in [2.75, 3.05) is 51.6 Å². The van der Waals surface area contributed by atoms with Crippen LogP contribution in [0.5, 0.6) is 0 Å². The van der Waals surface area contributed by atoms with Crippen LogP contribution in [-0.4, -0.2) is 51.4 Å². The van der Waals surface area contributed by atoms with Gasteiger partial charge in [-0.05, 0) is 18.6 Å². The molecule has 1 aliphatic heterocycles. The number of morpholine rings is 1. The molecular weight excluding hydrogens is 264 g/mol. The molecule has 0 spiro atoms. The summed E-state index contributed by atoms with van der Waals surface area (Å²) in [6.07, 6.45) is 1.04. The number of para-hydroxylation sites is 1. The molecule has 0 unspecified atom stereocenters. The molecule has 0 aromatic heterocycles. The van der Waals surface area contributed by atoms with E-state index in [0.29, 0.717) is 0 Å². The predicted octanol–water partition coefficient (Wildman–Crippen LogP) is 2.43. The summed E-state index contributed by atoms with van der Waals surface area (Å²) >= 11 is 6.18. The van der Waals surface area contributed by atoms with Crippen molar-refractivity contribution in [3.05, 3.63) is 29.3 Å². The molecule has 1 fully saturated rings. The van der Waals surface area contributed by atoms with Crippen LogP contribution in [0.25, 0.3) is 0 Å². The lowest BCUT2D eigenvalue weighted by molar-refractivity contribution is 0.0366. The van der Waals surface area contributed by atoms with Crippen LogP contribution >= 0.6 is 11.6 Å². The minimum atomic E-state index is 0.718. The van der Waals surface area contributed by atoms with Crippen molar-refractivity contribution in [2.24, 2.45) is 0 Å². The molecule has 0 radical (unpaired) electrons. The van der Waals surface area contributed by atoms with Gasteiger partial charge in [0.25, 0.3) is 0 Å². The van der Waals surface area contributed by atoms with Crippen molar-refractivity contribution in [2.45, 2.75) is 6.42 Å². The van der Waals surface area contributed by atoms with Gasteiger partial charge in [0.05, 0.1) is 31.0 Å². The van der Waals surface area contributed by atoms with Gasteiger partial charge in [-0.3, -0.25) is 14.8 Å². The van der Waals surface area contributed by atoms with Crippen LogP contribution < -0.4 is 5.06 Å². The normalized spacial score (nSPS) is 16.5. The maximum Gasteiger partial charge on any atom is 0.0822 e. The average Bonchev–Trinajstić information content (AvgIpc) is 2.46. The van der Waals surface area contributed by atoms with Gasteiger partial charge in [-0.1, -0.05) is 23.7 Å². The quantitative estimate of drug-likeness (QED) is 0.749. The van der Waals surface area contributed by atoms with E-state index >= 15 is 0 Å². The molecule has 0 aliphatic carbocycles. The standard InChI is InChI=1S/C14H21ClN2O2/c1-18-17(14-6-3-2-5-13(14)15)8-4-7-16-9-11-19-12-10-16/h2-3,5-6H,4,7-12H2,1H3. The molecule has 0 bridgehead atoms. The minimum absolute atomic E-state index is 0.718. The van der Waals surface area contributed by atoms with Crippen molar-refractivity contribution in [3.8, 4) is 0 Å². The number of anilines is 1. The minimum Gasteiger partial charge on any atom is -0.379 e. The highest BCUT2D eigenvalue weighted by Crippen LogP contribution is 2.25. The van der Waals surface area contributed by atoms with Crippen LogP contribution in [-0.2, 0) is 9.57 Å². The highest BCUT2D eigenvalue weighted by Gasteiger charge is 2.12. The fraction of sp³-hybridized carbons (Fsp3) is 0.571. The fourth-order valence-electron chi connectivity index (χ4n) is 2.23. The Labute approximate surface area is 119 Å². The zero-order valence-corrected chi connectivity index (χ0v) is 12.1. The van der Waals surface area contributed by atoms with Gasteiger partial charge in [0.15, 0.2) is 0 Å². The Morgan fingerprint density at radius 3 is 2.74 bits per heavy atom. The summed E-state index contributed by atoms with van der Waals surface area (Å²) in [7, 11) is 1.68. The topological polar surface area (TPSA) is 24.9 Å². The predicted molar refractivity (Wildman–Crippen MR) is 77.7 cm³/mol. The molecule has 1 saturated heterocycles. The van der Waals surface area contributed by atoms with E-state index in [1.165, 1.54) is 0 Å². The van der Waals surface area contributed by atoms with Gasteiger partial charge in [-0.25, -0.2) is 0 Å². The Hall–Kier alpha value is -0.810. The number of nitrogens with zero attached hydrogens (tertiary/aromatic N) is 2. The van der Waals surface area contributed by atoms with Crippen LogP contribution in [0.3, 0.4) is 0 Å². The number of hydroxylamine groups is 1. The third kappa shape index (κ3) is 4.35. The van der Waals surface area contributed by atoms with Crippen molar-refractivity contribution in [1.29, 1.82) is 0 Å². The summed E-state index contributed by atoms with van der Waals surface area (Å²) in [6, 6.07) is 7.74. The highest BCUT2D eigenvalue weighted by molar-refractivity contribution is 6.33. The first-order chi connectivity index (χ1) is 9.31. The van der Waals surface area contributed by atoms with Gasteiger partial charge < -0.3 is 4.74 Å². The summed E-state index contributed by atoms with van der Waals surface area (Å²) in [4.78, 5) is 7.83. The van der Waals surface area contributed by atoms with Gasteiger partial charge in [0, 0.05) is 26.2 Å². The van der Waals surface area contributed by atoms with E-state index in [9.17, 15) is 0 Å². The van der Waals surface area contributed by atoms with Crippen LogP contribution in [0.2, 0.25) is 5.02 Å². The van der Waals surface area contributed by atoms with Crippen molar-refractivity contribution in [1.82, 2.24) is 4.90 Å². The molecule has 1 aromatic rings. The largest absolute Gasteiger partial charge is 0.379 e. The van der Waals surface area contributed by atoms with Gasteiger partial charge in [-0.15, -0.1) is 0 Å². The summed E-state index contributed by atoms with van der Waals surface area (Å²) < 4.78 is 5.34. The second-order valence-electron chi connectivity index (χ2n) is 4.54. The van der Waals surface area contributed by atoms with E-state index in [1.54, 1.807) is 7.11 Å². The lowest BCUT2D eigenvalue weighted by atomic mass is 10.3. The molecule has 0 atom stereocenters. The number of halogens is 1. The van der Waals surface area contributed by atoms with E-state index in [4.69, 9.17) is 21.2 Å². The molecule has 2 rings (SSSR count). The van der Waals surface area contributed by atoms with E-state index in [0.717, 1.165) is 56.5 Å². The Kier molecular flexibility index (Phi) is 5.92. The fourth-order valence-corrected chi connectivity index (χ4v) is 2.46. The monoisotopic (exact) mass is 284 g/mol. The smallest absolute Gasteiger partial charge is 0.0822 e. The number of rotatable bonds is 6. The highest BCUT2D eigenvalue weighted by atomic mass is 35.5. The molecule has 0 saturated carbocycles. The Balaban J connectivity index is 1.81. The molecule has 1 heterocycles. The lowest BCUT2D eigenvalue weighted by Gasteiger charge is -2.28.